The normalized spacial score (nSPS) is 26.2. The second-order valence-corrected chi connectivity index (χ2v) is 6.37. The fourth-order valence-electron chi connectivity index (χ4n) is 3.53. The lowest BCUT2D eigenvalue weighted by Crippen LogP contribution is -2.49. The van der Waals surface area contributed by atoms with Crippen molar-refractivity contribution in [2.75, 3.05) is 6.54 Å². The van der Waals surface area contributed by atoms with E-state index in [1.165, 1.54) is 31.7 Å². The standard InChI is InChI=1S/C14H17Cl2N3O/c15-12-8-10(13(16)18-17-12)14(20)19-7-3-5-9-4-1-2-6-11(9)19/h8-9,11H,1-7H2/t9-,11-/m1/s1. The summed E-state index contributed by atoms with van der Waals surface area (Å²) in [5.74, 6) is 0.592. The monoisotopic (exact) mass is 313 g/mol. The van der Waals surface area contributed by atoms with E-state index in [-0.39, 0.29) is 16.2 Å². The first-order valence-electron chi connectivity index (χ1n) is 7.16. The fraction of sp³-hybridized carbons (Fsp3) is 0.643. The van der Waals surface area contributed by atoms with Gasteiger partial charge in [0.1, 0.15) is 0 Å². The van der Waals surface area contributed by atoms with E-state index in [1.54, 1.807) is 0 Å². The van der Waals surface area contributed by atoms with Gasteiger partial charge in [0.05, 0.1) is 5.56 Å². The predicted octanol–water partition coefficient (Wildman–Crippen LogP) is 3.58. The molecule has 0 spiro atoms. The lowest BCUT2D eigenvalue weighted by atomic mass is 9.78. The highest BCUT2D eigenvalue weighted by molar-refractivity contribution is 6.34. The zero-order valence-electron chi connectivity index (χ0n) is 11.2. The molecule has 1 aromatic rings. The van der Waals surface area contributed by atoms with Crippen molar-refractivity contribution in [3.05, 3.63) is 21.9 Å². The zero-order chi connectivity index (χ0) is 14.1. The number of aromatic nitrogens is 2. The Labute approximate surface area is 128 Å². The maximum absolute atomic E-state index is 12.7. The van der Waals surface area contributed by atoms with E-state index in [9.17, 15) is 4.79 Å². The van der Waals surface area contributed by atoms with Gasteiger partial charge in [0.25, 0.3) is 5.91 Å². The van der Waals surface area contributed by atoms with Gasteiger partial charge in [-0.3, -0.25) is 4.79 Å². The van der Waals surface area contributed by atoms with E-state index < -0.39 is 0 Å². The first kappa shape index (κ1) is 14.1. The molecule has 1 amide bonds. The van der Waals surface area contributed by atoms with Crippen molar-refractivity contribution in [3.8, 4) is 0 Å². The number of likely N-dealkylation sites (tertiary alicyclic amines) is 1. The molecule has 0 aromatic carbocycles. The van der Waals surface area contributed by atoms with Crippen LogP contribution in [0.3, 0.4) is 0 Å². The highest BCUT2D eigenvalue weighted by atomic mass is 35.5. The van der Waals surface area contributed by atoms with Crippen LogP contribution < -0.4 is 0 Å². The molecule has 2 heterocycles. The van der Waals surface area contributed by atoms with E-state index in [1.807, 2.05) is 4.90 Å². The third kappa shape index (κ3) is 2.63. The molecular weight excluding hydrogens is 297 g/mol. The quantitative estimate of drug-likeness (QED) is 0.796. The minimum Gasteiger partial charge on any atom is -0.335 e. The van der Waals surface area contributed by atoms with Gasteiger partial charge in [0, 0.05) is 12.6 Å². The first-order valence-corrected chi connectivity index (χ1v) is 7.92. The number of carbonyl (C=O) groups is 1. The number of carbonyl (C=O) groups excluding carboxylic acids is 1. The van der Waals surface area contributed by atoms with Crippen LogP contribution >= 0.6 is 23.2 Å². The van der Waals surface area contributed by atoms with Gasteiger partial charge in [0.15, 0.2) is 10.3 Å². The third-order valence-corrected chi connectivity index (χ3v) is 4.92. The van der Waals surface area contributed by atoms with E-state index in [4.69, 9.17) is 23.2 Å². The van der Waals surface area contributed by atoms with Crippen LogP contribution in [0.1, 0.15) is 48.9 Å². The van der Waals surface area contributed by atoms with Gasteiger partial charge in [-0.25, -0.2) is 0 Å². The number of nitrogens with zero attached hydrogens (tertiary/aromatic N) is 3. The van der Waals surface area contributed by atoms with Crippen LogP contribution in [0.5, 0.6) is 0 Å². The summed E-state index contributed by atoms with van der Waals surface area (Å²) < 4.78 is 0. The summed E-state index contributed by atoms with van der Waals surface area (Å²) in [6.45, 7) is 0.802. The van der Waals surface area contributed by atoms with E-state index in [0.29, 0.717) is 17.5 Å². The zero-order valence-corrected chi connectivity index (χ0v) is 12.7. The van der Waals surface area contributed by atoms with Crippen molar-refractivity contribution in [1.82, 2.24) is 15.1 Å². The van der Waals surface area contributed by atoms with Gasteiger partial charge in [-0.2, -0.15) is 0 Å². The SMILES string of the molecule is O=C(c1cc(Cl)nnc1Cl)N1CCC[C@H]2CCCC[C@H]21. The van der Waals surface area contributed by atoms with Gasteiger partial charge >= 0.3 is 0 Å². The highest BCUT2D eigenvalue weighted by Crippen LogP contribution is 2.36. The molecule has 2 fully saturated rings. The topological polar surface area (TPSA) is 46.1 Å². The molecule has 1 aliphatic carbocycles. The molecule has 1 aromatic heterocycles. The predicted molar refractivity (Wildman–Crippen MR) is 78.1 cm³/mol. The summed E-state index contributed by atoms with van der Waals surface area (Å²) in [6, 6.07) is 1.87. The van der Waals surface area contributed by atoms with Gasteiger partial charge in [0.2, 0.25) is 0 Å². The van der Waals surface area contributed by atoms with Crippen molar-refractivity contribution >= 4 is 29.1 Å². The van der Waals surface area contributed by atoms with E-state index >= 15 is 0 Å². The number of rotatable bonds is 1. The lowest BCUT2D eigenvalue weighted by Gasteiger charge is -2.44. The Morgan fingerprint density at radius 1 is 1.15 bits per heavy atom. The highest BCUT2D eigenvalue weighted by Gasteiger charge is 2.36. The van der Waals surface area contributed by atoms with Crippen LogP contribution in [0, 0.1) is 5.92 Å². The van der Waals surface area contributed by atoms with Crippen molar-refractivity contribution in [2.45, 2.75) is 44.6 Å². The number of amides is 1. The van der Waals surface area contributed by atoms with Crippen LogP contribution in [-0.4, -0.2) is 33.6 Å². The average Bonchev–Trinajstić information content (AvgIpc) is 2.48. The van der Waals surface area contributed by atoms with Crippen molar-refractivity contribution in [3.63, 3.8) is 0 Å². The summed E-state index contributed by atoms with van der Waals surface area (Å²) in [5, 5.41) is 7.74. The Kier molecular flexibility index (Phi) is 4.13. The maximum Gasteiger partial charge on any atom is 0.257 e. The van der Waals surface area contributed by atoms with E-state index in [2.05, 4.69) is 10.2 Å². The number of hydrogen-bond acceptors (Lipinski definition) is 3. The molecule has 2 atom stereocenters. The second-order valence-electron chi connectivity index (χ2n) is 5.62. The van der Waals surface area contributed by atoms with Crippen molar-refractivity contribution < 1.29 is 4.79 Å². The molecule has 0 bridgehead atoms. The molecule has 4 nitrogen and oxygen atoms in total. The molecule has 0 radical (unpaired) electrons. The minimum atomic E-state index is -0.0524. The average molecular weight is 314 g/mol. The Morgan fingerprint density at radius 2 is 1.90 bits per heavy atom. The van der Waals surface area contributed by atoms with Crippen LogP contribution in [-0.2, 0) is 0 Å². The smallest absolute Gasteiger partial charge is 0.257 e. The Balaban J connectivity index is 1.87. The molecule has 6 heteroatoms. The lowest BCUT2D eigenvalue weighted by molar-refractivity contribution is 0.0390. The van der Waals surface area contributed by atoms with Crippen molar-refractivity contribution in [2.24, 2.45) is 5.92 Å². The van der Waals surface area contributed by atoms with Gasteiger partial charge in [-0.15, -0.1) is 10.2 Å². The van der Waals surface area contributed by atoms with Crippen molar-refractivity contribution in [1.29, 1.82) is 0 Å². The van der Waals surface area contributed by atoms with Gasteiger partial charge < -0.3 is 4.90 Å². The number of piperidine rings is 1. The van der Waals surface area contributed by atoms with Gasteiger partial charge in [-0.05, 0) is 37.7 Å². The molecule has 3 rings (SSSR count). The largest absolute Gasteiger partial charge is 0.335 e. The van der Waals surface area contributed by atoms with Crippen LogP contribution in [0.25, 0.3) is 0 Å². The maximum atomic E-state index is 12.7. The summed E-state index contributed by atoms with van der Waals surface area (Å²) in [7, 11) is 0. The molecule has 0 unspecified atom stereocenters. The summed E-state index contributed by atoms with van der Waals surface area (Å²) in [6.07, 6.45) is 7.12. The molecule has 2 aliphatic rings. The third-order valence-electron chi connectivity index (χ3n) is 4.45. The van der Waals surface area contributed by atoms with E-state index in [0.717, 1.165) is 19.4 Å². The Hall–Kier alpha value is -0.870. The van der Waals surface area contributed by atoms with Crippen LogP contribution in [0.4, 0.5) is 0 Å². The summed E-state index contributed by atoms with van der Waals surface area (Å²) in [5.41, 5.74) is 0.373. The summed E-state index contributed by atoms with van der Waals surface area (Å²) in [4.78, 5) is 14.7. The van der Waals surface area contributed by atoms with Gasteiger partial charge in [-0.1, -0.05) is 36.0 Å². The molecule has 1 saturated carbocycles. The molecule has 1 saturated heterocycles. The second kappa shape index (κ2) is 5.86. The molecule has 0 N–H and O–H groups in total. The first-order chi connectivity index (χ1) is 9.66. The van der Waals surface area contributed by atoms with Crippen LogP contribution in [0.2, 0.25) is 10.3 Å². The number of fused-ring (bicyclic) bond motifs is 1. The number of hydrogen-bond donors (Lipinski definition) is 0. The molecule has 108 valence electrons. The molecule has 20 heavy (non-hydrogen) atoms. The molecule has 1 aliphatic heterocycles. The molecular formula is C14H17Cl2N3O. The Morgan fingerprint density at radius 3 is 2.75 bits per heavy atom. The minimum absolute atomic E-state index is 0.0524. The fourth-order valence-corrected chi connectivity index (χ4v) is 3.85. The Bertz CT molecular complexity index is 521. The summed E-state index contributed by atoms with van der Waals surface area (Å²) >= 11 is 11.8. The van der Waals surface area contributed by atoms with Crippen LogP contribution in [0.15, 0.2) is 6.07 Å². The number of halogens is 2.